The second-order valence-corrected chi connectivity index (χ2v) is 5.22. The quantitative estimate of drug-likeness (QED) is 0.706. The fourth-order valence-electron chi connectivity index (χ4n) is 2.25. The Labute approximate surface area is 132 Å². The van der Waals surface area contributed by atoms with Crippen molar-refractivity contribution in [3.63, 3.8) is 0 Å². The molecule has 7 nitrogen and oxygen atoms in total. The Morgan fingerprint density at radius 3 is 2.57 bits per heavy atom. The van der Waals surface area contributed by atoms with E-state index >= 15 is 0 Å². The van der Waals surface area contributed by atoms with E-state index in [1.165, 1.54) is 18.2 Å². The van der Waals surface area contributed by atoms with Crippen molar-refractivity contribution in [1.82, 2.24) is 4.98 Å². The van der Waals surface area contributed by atoms with Crippen molar-refractivity contribution in [2.24, 2.45) is 0 Å². The zero-order chi connectivity index (χ0) is 16.7. The summed E-state index contributed by atoms with van der Waals surface area (Å²) in [5, 5.41) is 18.5. The number of carbonyl (C=O) groups is 2. The van der Waals surface area contributed by atoms with Gasteiger partial charge in [0.2, 0.25) is 11.1 Å². The van der Waals surface area contributed by atoms with Gasteiger partial charge in [0.1, 0.15) is 5.58 Å². The number of benzene rings is 1. The summed E-state index contributed by atoms with van der Waals surface area (Å²) < 4.78 is 5.48. The van der Waals surface area contributed by atoms with Crippen LogP contribution in [0.3, 0.4) is 0 Å². The van der Waals surface area contributed by atoms with Gasteiger partial charge < -0.3 is 14.6 Å². The van der Waals surface area contributed by atoms with Crippen LogP contribution in [0.15, 0.2) is 33.5 Å². The molecule has 0 aliphatic carbocycles. The molecule has 0 unspecified atom stereocenters. The van der Waals surface area contributed by atoms with Gasteiger partial charge in [-0.2, -0.15) is 0 Å². The van der Waals surface area contributed by atoms with Crippen molar-refractivity contribution in [2.75, 3.05) is 0 Å². The monoisotopic (exact) mass is 333 g/mol. The van der Waals surface area contributed by atoms with Gasteiger partial charge in [0.25, 0.3) is 0 Å². The van der Waals surface area contributed by atoms with Crippen molar-refractivity contribution in [3.05, 3.63) is 50.8 Å². The number of rotatable bonds is 3. The first-order chi connectivity index (χ1) is 10.9. The number of aliphatic carboxylic acids is 1. The number of carboxylic acid groups (broad SMARTS) is 2. The van der Waals surface area contributed by atoms with Crippen LogP contribution in [0.1, 0.15) is 16.1 Å². The van der Waals surface area contributed by atoms with E-state index < -0.39 is 23.8 Å². The Kier molecular flexibility index (Phi) is 3.49. The van der Waals surface area contributed by atoms with Gasteiger partial charge >= 0.3 is 11.9 Å². The lowest BCUT2D eigenvalue weighted by Crippen LogP contribution is -2.13. The number of nitrogens with zero attached hydrogens (tertiary/aromatic N) is 1. The third kappa shape index (κ3) is 2.62. The summed E-state index contributed by atoms with van der Waals surface area (Å²) in [5.41, 5.74) is -0.919. The number of carboxylic acids is 2. The summed E-state index contributed by atoms with van der Waals surface area (Å²) >= 11 is 5.85. The first-order valence-corrected chi connectivity index (χ1v) is 6.75. The van der Waals surface area contributed by atoms with E-state index in [1.54, 1.807) is 0 Å². The van der Waals surface area contributed by atoms with E-state index in [2.05, 4.69) is 4.98 Å². The van der Waals surface area contributed by atoms with Crippen LogP contribution in [-0.2, 0) is 11.2 Å². The summed E-state index contributed by atoms with van der Waals surface area (Å²) in [6.07, 6.45) is -0.597. The van der Waals surface area contributed by atoms with E-state index in [4.69, 9.17) is 21.1 Å². The zero-order valence-corrected chi connectivity index (χ0v) is 12.1. The average molecular weight is 334 g/mol. The van der Waals surface area contributed by atoms with E-state index in [0.29, 0.717) is 5.02 Å². The molecule has 2 heterocycles. The second kappa shape index (κ2) is 5.36. The van der Waals surface area contributed by atoms with Crippen LogP contribution in [0.25, 0.3) is 22.1 Å². The van der Waals surface area contributed by atoms with Crippen LogP contribution in [0.4, 0.5) is 0 Å². The smallest absolute Gasteiger partial charge is 0.337 e. The van der Waals surface area contributed by atoms with E-state index in [9.17, 15) is 19.5 Å². The molecule has 116 valence electrons. The Balaban J connectivity index is 2.41. The summed E-state index contributed by atoms with van der Waals surface area (Å²) in [5.74, 6) is -2.62. The van der Waals surface area contributed by atoms with Gasteiger partial charge in [-0.05, 0) is 24.3 Å². The van der Waals surface area contributed by atoms with E-state index in [-0.39, 0.29) is 33.3 Å². The third-order valence-electron chi connectivity index (χ3n) is 3.25. The normalized spacial score (nSPS) is 11.0. The lowest BCUT2D eigenvalue weighted by atomic mass is 10.1. The van der Waals surface area contributed by atoms with Gasteiger partial charge in [-0.25, -0.2) is 9.78 Å². The molecule has 0 saturated carbocycles. The number of hydrogen-bond acceptors (Lipinski definition) is 5. The largest absolute Gasteiger partial charge is 0.481 e. The maximum Gasteiger partial charge on any atom is 0.337 e. The highest BCUT2D eigenvalue weighted by atomic mass is 35.5. The molecule has 0 amide bonds. The second-order valence-electron chi connectivity index (χ2n) is 4.78. The van der Waals surface area contributed by atoms with E-state index in [0.717, 1.165) is 6.07 Å². The topological polar surface area (TPSA) is 118 Å². The molecular formula is C15H8ClNO6. The molecule has 2 aromatic heterocycles. The van der Waals surface area contributed by atoms with Gasteiger partial charge in [-0.15, -0.1) is 0 Å². The Hall–Kier alpha value is -2.93. The van der Waals surface area contributed by atoms with Crippen molar-refractivity contribution in [3.8, 4) is 0 Å². The SMILES string of the molecule is O=C(O)Cc1nc2oc3ccc(Cl)cc3c(=O)c2cc1C(=O)O. The zero-order valence-electron chi connectivity index (χ0n) is 11.4. The Bertz CT molecular complexity index is 1040. The van der Waals surface area contributed by atoms with Gasteiger partial charge in [-0.3, -0.25) is 9.59 Å². The number of aromatic nitrogens is 1. The highest BCUT2D eigenvalue weighted by Gasteiger charge is 2.19. The van der Waals surface area contributed by atoms with Crippen molar-refractivity contribution >= 4 is 45.6 Å². The maximum absolute atomic E-state index is 12.5. The number of fused-ring (bicyclic) bond motifs is 2. The Morgan fingerprint density at radius 2 is 1.91 bits per heavy atom. The fourth-order valence-corrected chi connectivity index (χ4v) is 2.43. The number of aromatic carboxylic acids is 1. The molecule has 8 heteroatoms. The molecule has 0 aliphatic heterocycles. The predicted octanol–water partition coefficient (Wildman–Crippen LogP) is 2.32. The molecule has 3 rings (SSSR count). The van der Waals surface area contributed by atoms with Gasteiger partial charge in [-0.1, -0.05) is 11.6 Å². The first kappa shape index (κ1) is 15.0. The standard InChI is InChI=1S/C15H8ClNO6/c16-6-1-2-11-8(3-6)13(20)9-4-7(15(21)22)10(5-12(18)19)17-14(9)23-11/h1-4H,5H2,(H,18,19)(H,21,22). The molecule has 1 aromatic carbocycles. The first-order valence-electron chi connectivity index (χ1n) is 6.38. The van der Waals surface area contributed by atoms with Crippen molar-refractivity contribution in [1.29, 1.82) is 0 Å². The molecule has 0 radical (unpaired) electrons. The molecule has 0 spiro atoms. The molecule has 0 bridgehead atoms. The van der Waals surface area contributed by atoms with Gasteiger partial charge in [0.05, 0.1) is 28.5 Å². The third-order valence-corrected chi connectivity index (χ3v) is 3.49. The lowest BCUT2D eigenvalue weighted by Gasteiger charge is -2.06. The Morgan fingerprint density at radius 1 is 1.17 bits per heavy atom. The average Bonchev–Trinajstić information content (AvgIpc) is 2.47. The molecule has 23 heavy (non-hydrogen) atoms. The van der Waals surface area contributed by atoms with Crippen LogP contribution >= 0.6 is 11.6 Å². The number of halogens is 1. The summed E-state index contributed by atoms with van der Waals surface area (Å²) in [6, 6.07) is 5.51. The molecule has 0 saturated heterocycles. The van der Waals surface area contributed by atoms with Crippen LogP contribution in [0.2, 0.25) is 5.02 Å². The summed E-state index contributed by atoms with van der Waals surface area (Å²) in [4.78, 5) is 38.5. The maximum atomic E-state index is 12.5. The lowest BCUT2D eigenvalue weighted by molar-refractivity contribution is -0.136. The van der Waals surface area contributed by atoms with Crippen molar-refractivity contribution < 1.29 is 24.2 Å². The minimum Gasteiger partial charge on any atom is -0.481 e. The van der Waals surface area contributed by atoms with Gasteiger partial charge in [0, 0.05) is 5.02 Å². The highest BCUT2D eigenvalue weighted by molar-refractivity contribution is 6.31. The van der Waals surface area contributed by atoms with Gasteiger partial charge in [0.15, 0.2) is 0 Å². The molecule has 0 aliphatic rings. The molecule has 2 N–H and O–H groups in total. The van der Waals surface area contributed by atoms with Crippen LogP contribution in [-0.4, -0.2) is 27.1 Å². The minimum atomic E-state index is -1.37. The van der Waals surface area contributed by atoms with E-state index in [1.807, 2.05) is 0 Å². The molecule has 0 fully saturated rings. The van der Waals surface area contributed by atoms with Crippen LogP contribution < -0.4 is 5.43 Å². The molecule has 0 atom stereocenters. The number of hydrogen-bond donors (Lipinski definition) is 2. The molecule has 3 aromatic rings. The summed E-state index contributed by atoms with van der Waals surface area (Å²) in [7, 11) is 0. The predicted molar refractivity (Wildman–Crippen MR) is 81.1 cm³/mol. The number of pyridine rings is 1. The summed E-state index contributed by atoms with van der Waals surface area (Å²) in [6.45, 7) is 0. The van der Waals surface area contributed by atoms with Crippen LogP contribution in [0, 0.1) is 0 Å². The highest BCUT2D eigenvalue weighted by Crippen LogP contribution is 2.22. The molecular weight excluding hydrogens is 326 g/mol. The fraction of sp³-hybridized carbons (Fsp3) is 0.0667. The van der Waals surface area contributed by atoms with Crippen LogP contribution in [0.5, 0.6) is 0 Å². The minimum absolute atomic E-state index is 0.0497. The van der Waals surface area contributed by atoms with Crippen molar-refractivity contribution in [2.45, 2.75) is 6.42 Å².